The standard InChI is InChI=1S/C20H11ClFN3O4/c21-16-5-2-12(20(27)28)8-15(16)18-6-3-13(29-18)10-24-25-19(26)14-4-1-11(9-23)7-17(14)22/h1-8,10H,(H,25,26)(H,27,28)/b24-10-. The van der Waals surface area contributed by atoms with Gasteiger partial charge in [0, 0.05) is 5.56 Å². The zero-order chi connectivity index (χ0) is 21.0. The molecule has 0 atom stereocenters. The van der Waals surface area contributed by atoms with E-state index in [0.29, 0.717) is 16.3 Å². The van der Waals surface area contributed by atoms with Crippen LogP contribution in [0.25, 0.3) is 11.3 Å². The van der Waals surface area contributed by atoms with Crippen LogP contribution in [-0.2, 0) is 0 Å². The Morgan fingerprint density at radius 2 is 2.00 bits per heavy atom. The molecular formula is C20H11ClFN3O4. The number of rotatable bonds is 5. The van der Waals surface area contributed by atoms with Crippen LogP contribution in [0, 0.1) is 17.1 Å². The number of hydrogen-bond acceptors (Lipinski definition) is 5. The highest BCUT2D eigenvalue weighted by atomic mass is 35.5. The number of nitriles is 1. The van der Waals surface area contributed by atoms with Crippen LogP contribution in [0.3, 0.4) is 0 Å². The zero-order valence-corrected chi connectivity index (χ0v) is 15.3. The van der Waals surface area contributed by atoms with Crippen molar-refractivity contribution < 1.29 is 23.5 Å². The Labute approximate surface area is 168 Å². The first-order chi connectivity index (χ1) is 13.9. The molecule has 2 N–H and O–H groups in total. The molecule has 0 spiro atoms. The number of furan rings is 1. The molecule has 1 heterocycles. The second-order valence-electron chi connectivity index (χ2n) is 5.71. The predicted molar refractivity (Wildman–Crippen MR) is 102 cm³/mol. The van der Waals surface area contributed by atoms with Gasteiger partial charge in [-0.3, -0.25) is 4.79 Å². The summed E-state index contributed by atoms with van der Waals surface area (Å²) < 4.78 is 19.4. The fourth-order valence-electron chi connectivity index (χ4n) is 2.40. The third-order valence-electron chi connectivity index (χ3n) is 3.81. The largest absolute Gasteiger partial charge is 0.478 e. The molecule has 1 amide bonds. The summed E-state index contributed by atoms with van der Waals surface area (Å²) in [5, 5.41) is 21.8. The molecule has 3 rings (SSSR count). The van der Waals surface area contributed by atoms with Crippen LogP contribution in [0.15, 0.2) is 58.0 Å². The predicted octanol–water partition coefficient (Wildman–Crippen LogP) is 4.07. The van der Waals surface area contributed by atoms with Gasteiger partial charge < -0.3 is 9.52 Å². The van der Waals surface area contributed by atoms with Crippen molar-refractivity contribution in [1.82, 2.24) is 5.43 Å². The minimum atomic E-state index is -1.10. The van der Waals surface area contributed by atoms with Gasteiger partial charge >= 0.3 is 5.97 Å². The van der Waals surface area contributed by atoms with E-state index in [1.807, 2.05) is 0 Å². The molecule has 2 aromatic carbocycles. The highest BCUT2D eigenvalue weighted by Crippen LogP contribution is 2.30. The average molecular weight is 412 g/mol. The second-order valence-corrected chi connectivity index (χ2v) is 6.11. The highest BCUT2D eigenvalue weighted by molar-refractivity contribution is 6.33. The highest BCUT2D eigenvalue weighted by Gasteiger charge is 2.13. The Kier molecular flexibility index (Phi) is 5.71. The van der Waals surface area contributed by atoms with E-state index in [-0.39, 0.29) is 22.5 Å². The fourth-order valence-corrected chi connectivity index (χ4v) is 2.61. The Morgan fingerprint density at radius 1 is 1.21 bits per heavy atom. The van der Waals surface area contributed by atoms with Crippen LogP contribution in [0.1, 0.15) is 32.0 Å². The van der Waals surface area contributed by atoms with Crippen molar-refractivity contribution in [2.24, 2.45) is 5.10 Å². The van der Waals surface area contributed by atoms with Crippen LogP contribution >= 0.6 is 11.6 Å². The smallest absolute Gasteiger partial charge is 0.335 e. The van der Waals surface area contributed by atoms with Crippen molar-refractivity contribution in [2.45, 2.75) is 0 Å². The van der Waals surface area contributed by atoms with Crippen LogP contribution < -0.4 is 5.43 Å². The lowest BCUT2D eigenvalue weighted by Gasteiger charge is -2.02. The van der Waals surface area contributed by atoms with Gasteiger partial charge in [-0.15, -0.1) is 0 Å². The monoisotopic (exact) mass is 411 g/mol. The number of carboxylic acid groups (broad SMARTS) is 1. The maximum Gasteiger partial charge on any atom is 0.335 e. The molecule has 0 fully saturated rings. The van der Waals surface area contributed by atoms with E-state index in [1.54, 1.807) is 12.1 Å². The van der Waals surface area contributed by atoms with Gasteiger partial charge in [-0.1, -0.05) is 11.6 Å². The third-order valence-corrected chi connectivity index (χ3v) is 4.14. The molecule has 3 aromatic rings. The quantitative estimate of drug-likeness (QED) is 0.485. The van der Waals surface area contributed by atoms with Crippen molar-refractivity contribution in [3.05, 3.63) is 81.8 Å². The first kappa shape index (κ1) is 19.8. The van der Waals surface area contributed by atoms with E-state index in [2.05, 4.69) is 10.5 Å². The van der Waals surface area contributed by atoms with E-state index in [1.165, 1.54) is 42.6 Å². The molecular weight excluding hydrogens is 401 g/mol. The van der Waals surface area contributed by atoms with Gasteiger partial charge in [-0.05, 0) is 48.5 Å². The summed E-state index contributed by atoms with van der Waals surface area (Å²) in [6, 6.07) is 12.5. The Balaban J connectivity index is 1.73. The zero-order valence-electron chi connectivity index (χ0n) is 14.5. The SMILES string of the molecule is N#Cc1ccc(C(=O)N/N=C\c2ccc(-c3cc(C(=O)O)ccc3Cl)o2)c(F)c1. The van der Waals surface area contributed by atoms with Gasteiger partial charge in [0.05, 0.1) is 34.0 Å². The molecule has 0 saturated heterocycles. The number of carbonyl (C=O) groups is 2. The molecule has 0 aliphatic rings. The van der Waals surface area contributed by atoms with E-state index < -0.39 is 17.7 Å². The van der Waals surface area contributed by atoms with Crippen LogP contribution in [0.5, 0.6) is 0 Å². The number of amides is 1. The summed E-state index contributed by atoms with van der Waals surface area (Å²) >= 11 is 6.10. The maximum atomic E-state index is 13.8. The van der Waals surface area contributed by atoms with Crippen molar-refractivity contribution in [3.63, 3.8) is 0 Å². The number of nitrogens with one attached hydrogen (secondary N) is 1. The van der Waals surface area contributed by atoms with E-state index in [0.717, 1.165) is 6.07 Å². The van der Waals surface area contributed by atoms with Gasteiger partial charge in [-0.2, -0.15) is 10.4 Å². The number of nitrogens with zero attached hydrogens (tertiary/aromatic N) is 2. The normalized spacial score (nSPS) is 10.7. The lowest BCUT2D eigenvalue weighted by molar-refractivity contribution is 0.0696. The van der Waals surface area contributed by atoms with Crippen LogP contribution in [-0.4, -0.2) is 23.2 Å². The minimum Gasteiger partial charge on any atom is -0.478 e. The van der Waals surface area contributed by atoms with Crippen LogP contribution in [0.2, 0.25) is 5.02 Å². The van der Waals surface area contributed by atoms with Gasteiger partial charge in [0.15, 0.2) is 0 Å². The molecule has 9 heteroatoms. The molecule has 7 nitrogen and oxygen atoms in total. The number of benzene rings is 2. The van der Waals surface area contributed by atoms with Gasteiger partial charge in [0.25, 0.3) is 5.91 Å². The molecule has 0 saturated carbocycles. The Bertz CT molecular complexity index is 1180. The molecule has 0 radical (unpaired) electrons. The minimum absolute atomic E-state index is 0.0488. The summed E-state index contributed by atoms with van der Waals surface area (Å²) in [6.45, 7) is 0. The molecule has 0 bridgehead atoms. The van der Waals surface area contributed by atoms with Gasteiger partial charge in [0.2, 0.25) is 0 Å². The second kappa shape index (κ2) is 8.37. The van der Waals surface area contributed by atoms with Crippen molar-refractivity contribution in [1.29, 1.82) is 5.26 Å². The van der Waals surface area contributed by atoms with E-state index in [9.17, 15) is 14.0 Å². The fraction of sp³-hybridized carbons (Fsp3) is 0. The topological polar surface area (TPSA) is 116 Å². The molecule has 0 aliphatic heterocycles. The van der Waals surface area contributed by atoms with Gasteiger partial charge in [-0.25, -0.2) is 14.6 Å². The van der Waals surface area contributed by atoms with E-state index in [4.69, 9.17) is 26.4 Å². The third kappa shape index (κ3) is 4.48. The summed E-state index contributed by atoms with van der Waals surface area (Å²) in [5.74, 6) is -2.19. The van der Waals surface area contributed by atoms with Gasteiger partial charge in [0.1, 0.15) is 17.3 Å². The number of carbonyl (C=O) groups excluding carboxylic acids is 1. The first-order valence-corrected chi connectivity index (χ1v) is 8.43. The summed E-state index contributed by atoms with van der Waals surface area (Å²) in [6.07, 6.45) is 1.19. The summed E-state index contributed by atoms with van der Waals surface area (Å²) in [5.41, 5.74) is 2.42. The Morgan fingerprint density at radius 3 is 2.69 bits per heavy atom. The number of hydrazone groups is 1. The lowest BCUT2D eigenvalue weighted by atomic mass is 10.1. The van der Waals surface area contributed by atoms with E-state index >= 15 is 0 Å². The summed E-state index contributed by atoms with van der Waals surface area (Å²) in [4.78, 5) is 23.1. The number of halogens is 2. The van der Waals surface area contributed by atoms with Crippen LogP contribution in [0.4, 0.5) is 4.39 Å². The molecule has 0 unspecified atom stereocenters. The maximum absolute atomic E-state index is 13.8. The summed E-state index contributed by atoms with van der Waals surface area (Å²) in [7, 11) is 0. The van der Waals surface area contributed by atoms with Crippen molar-refractivity contribution in [3.8, 4) is 17.4 Å². The number of hydrogen-bond donors (Lipinski definition) is 2. The number of aromatic carboxylic acids is 1. The van der Waals surface area contributed by atoms with Crippen molar-refractivity contribution >= 4 is 29.7 Å². The Hall–Kier alpha value is -3.96. The number of carboxylic acids is 1. The average Bonchev–Trinajstić information content (AvgIpc) is 3.16. The lowest BCUT2D eigenvalue weighted by Crippen LogP contribution is -2.19. The molecule has 144 valence electrons. The molecule has 0 aliphatic carbocycles. The van der Waals surface area contributed by atoms with Crippen molar-refractivity contribution in [2.75, 3.05) is 0 Å². The first-order valence-electron chi connectivity index (χ1n) is 8.05. The molecule has 29 heavy (non-hydrogen) atoms. The molecule has 1 aromatic heterocycles.